The van der Waals surface area contributed by atoms with Crippen LogP contribution in [0.1, 0.15) is 5.56 Å². The Balaban J connectivity index is 2.37. The summed E-state index contributed by atoms with van der Waals surface area (Å²) in [5.41, 5.74) is 1.05. The van der Waals surface area contributed by atoms with E-state index in [0.29, 0.717) is 11.5 Å². The number of fused-ring (bicyclic) bond motifs is 3. The summed E-state index contributed by atoms with van der Waals surface area (Å²) in [4.78, 5) is 2.11. The first kappa shape index (κ1) is 17.2. The summed E-state index contributed by atoms with van der Waals surface area (Å²) in [6, 6.07) is 9.19. The molecule has 0 aliphatic heterocycles. The van der Waals surface area contributed by atoms with Crippen LogP contribution in [0.5, 0.6) is 23.0 Å². The minimum Gasteiger partial charge on any atom is -0.504 e. The number of aromatic hydroxyl groups is 2. The van der Waals surface area contributed by atoms with Gasteiger partial charge in [0.25, 0.3) is 0 Å². The van der Waals surface area contributed by atoms with Crippen molar-refractivity contribution in [2.24, 2.45) is 0 Å². The number of nitrogens with zero attached hydrogens (tertiary/aromatic N) is 1. The number of benzene rings is 3. The van der Waals surface area contributed by atoms with Gasteiger partial charge in [0.1, 0.15) is 0 Å². The van der Waals surface area contributed by atoms with Gasteiger partial charge < -0.3 is 24.6 Å². The smallest absolute Gasteiger partial charge is 0.168 e. The van der Waals surface area contributed by atoms with Crippen molar-refractivity contribution in [1.82, 2.24) is 4.90 Å². The van der Waals surface area contributed by atoms with Gasteiger partial charge in [0.2, 0.25) is 0 Å². The molecule has 25 heavy (non-hydrogen) atoms. The lowest BCUT2D eigenvalue weighted by Gasteiger charge is -2.17. The Morgan fingerprint density at radius 3 is 2.32 bits per heavy atom. The van der Waals surface area contributed by atoms with Gasteiger partial charge in [-0.2, -0.15) is 0 Å². The molecule has 2 N–H and O–H groups in total. The molecule has 0 bridgehead atoms. The molecule has 0 aliphatic carbocycles. The fourth-order valence-corrected chi connectivity index (χ4v) is 3.21. The predicted octanol–water partition coefficient (Wildman–Crippen LogP) is 3.53. The number of methoxy groups -OCH3 is 2. The molecule has 5 heteroatoms. The Hall–Kier alpha value is -2.66. The average molecular weight is 341 g/mol. The lowest BCUT2D eigenvalue weighted by atomic mass is 9.95. The maximum Gasteiger partial charge on any atom is 0.168 e. The molecule has 0 aliphatic rings. The van der Waals surface area contributed by atoms with Gasteiger partial charge >= 0.3 is 0 Å². The largest absolute Gasteiger partial charge is 0.504 e. The molecular formula is C20H23NO4. The van der Waals surface area contributed by atoms with Crippen LogP contribution in [0.4, 0.5) is 0 Å². The molecule has 0 saturated heterocycles. The Morgan fingerprint density at radius 2 is 1.68 bits per heavy atom. The molecule has 0 unspecified atom stereocenters. The van der Waals surface area contributed by atoms with E-state index in [4.69, 9.17) is 9.47 Å². The molecule has 0 radical (unpaired) electrons. The number of phenolic OH excluding ortho intramolecular Hbond substituents is 2. The van der Waals surface area contributed by atoms with Crippen molar-refractivity contribution in [1.29, 1.82) is 0 Å². The van der Waals surface area contributed by atoms with E-state index in [2.05, 4.69) is 4.90 Å². The molecule has 132 valence electrons. The lowest BCUT2D eigenvalue weighted by Crippen LogP contribution is -2.15. The zero-order chi connectivity index (χ0) is 18.1. The Morgan fingerprint density at radius 1 is 0.920 bits per heavy atom. The van der Waals surface area contributed by atoms with Crippen LogP contribution in [0.2, 0.25) is 0 Å². The van der Waals surface area contributed by atoms with Crippen molar-refractivity contribution < 1.29 is 19.7 Å². The first-order valence-electron chi connectivity index (χ1n) is 8.13. The highest BCUT2D eigenvalue weighted by molar-refractivity contribution is 6.13. The molecular weight excluding hydrogens is 318 g/mol. The molecule has 0 heterocycles. The maximum absolute atomic E-state index is 10.5. The lowest BCUT2D eigenvalue weighted by molar-refractivity contribution is 0.374. The fourth-order valence-electron chi connectivity index (χ4n) is 3.21. The molecule has 0 amide bonds. The van der Waals surface area contributed by atoms with Crippen LogP contribution in [-0.4, -0.2) is 50.0 Å². The van der Waals surface area contributed by atoms with Gasteiger partial charge in [-0.05, 0) is 60.4 Å². The van der Waals surface area contributed by atoms with Gasteiger partial charge in [-0.15, -0.1) is 0 Å². The average Bonchev–Trinajstić information content (AvgIpc) is 2.58. The zero-order valence-corrected chi connectivity index (χ0v) is 15.0. The van der Waals surface area contributed by atoms with Gasteiger partial charge in [0, 0.05) is 11.9 Å². The van der Waals surface area contributed by atoms with Crippen LogP contribution in [0.25, 0.3) is 21.5 Å². The molecule has 3 rings (SSSR count). The van der Waals surface area contributed by atoms with Crippen LogP contribution in [0.3, 0.4) is 0 Å². The summed E-state index contributed by atoms with van der Waals surface area (Å²) in [7, 11) is 7.11. The van der Waals surface area contributed by atoms with Crippen molar-refractivity contribution in [2.75, 3.05) is 34.9 Å². The second-order valence-corrected chi connectivity index (χ2v) is 6.37. The van der Waals surface area contributed by atoms with Crippen LogP contribution < -0.4 is 9.47 Å². The van der Waals surface area contributed by atoms with Crippen molar-refractivity contribution in [2.45, 2.75) is 6.42 Å². The molecule has 0 aromatic heterocycles. The Kier molecular flexibility index (Phi) is 4.59. The second kappa shape index (κ2) is 6.69. The summed E-state index contributed by atoms with van der Waals surface area (Å²) in [5.74, 6) is 1.02. The molecule has 0 saturated carbocycles. The van der Waals surface area contributed by atoms with E-state index in [-0.39, 0.29) is 11.5 Å². The number of hydrogen-bond acceptors (Lipinski definition) is 5. The normalized spacial score (nSPS) is 11.4. The van der Waals surface area contributed by atoms with Crippen LogP contribution in [0, 0.1) is 0 Å². The van der Waals surface area contributed by atoms with E-state index in [1.54, 1.807) is 25.3 Å². The quantitative estimate of drug-likeness (QED) is 0.695. The van der Waals surface area contributed by atoms with Crippen molar-refractivity contribution >= 4 is 21.5 Å². The molecule has 0 atom stereocenters. The van der Waals surface area contributed by atoms with Crippen molar-refractivity contribution in [3.63, 3.8) is 0 Å². The summed E-state index contributed by atoms with van der Waals surface area (Å²) in [6.45, 7) is 0.873. The van der Waals surface area contributed by atoms with Crippen molar-refractivity contribution in [3.8, 4) is 23.0 Å². The first-order chi connectivity index (χ1) is 12.0. The Labute approximate surface area is 147 Å². The minimum atomic E-state index is 0.0845. The summed E-state index contributed by atoms with van der Waals surface area (Å²) in [5, 5.41) is 24.1. The van der Waals surface area contributed by atoms with Crippen molar-refractivity contribution in [3.05, 3.63) is 35.9 Å². The van der Waals surface area contributed by atoms with Gasteiger partial charge in [0.15, 0.2) is 23.0 Å². The molecule has 0 fully saturated rings. The third-order valence-electron chi connectivity index (χ3n) is 4.47. The number of hydrogen-bond donors (Lipinski definition) is 2. The Bertz CT molecular complexity index is 934. The van der Waals surface area contributed by atoms with E-state index < -0.39 is 0 Å². The standard InChI is InChI=1S/C20H23NO4/c1-21(2)8-7-13-10-17(23)20(25-4)19-14(13)6-5-12-9-16(22)18(24-3)11-15(12)19/h5-6,9-11,22-23H,7-8H2,1-4H3. The van der Waals surface area contributed by atoms with Crippen LogP contribution >= 0.6 is 0 Å². The third kappa shape index (κ3) is 3.03. The number of ether oxygens (including phenoxy) is 2. The second-order valence-electron chi connectivity index (χ2n) is 6.37. The number of rotatable bonds is 5. The SMILES string of the molecule is COc1cc2c(ccc3c(CCN(C)C)cc(O)c(OC)c32)cc1O. The van der Waals surface area contributed by atoms with E-state index in [1.165, 1.54) is 7.11 Å². The van der Waals surface area contributed by atoms with Gasteiger partial charge in [0.05, 0.1) is 14.2 Å². The fraction of sp³-hybridized carbons (Fsp3) is 0.300. The molecule has 5 nitrogen and oxygen atoms in total. The van der Waals surface area contributed by atoms with E-state index in [0.717, 1.165) is 40.1 Å². The molecule has 3 aromatic carbocycles. The highest BCUT2D eigenvalue weighted by atomic mass is 16.5. The highest BCUT2D eigenvalue weighted by Gasteiger charge is 2.17. The van der Waals surface area contributed by atoms with Gasteiger partial charge in [-0.25, -0.2) is 0 Å². The zero-order valence-electron chi connectivity index (χ0n) is 15.0. The van der Waals surface area contributed by atoms with Gasteiger partial charge in [-0.3, -0.25) is 0 Å². The maximum atomic E-state index is 10.5. The minimum absolute atomic E-state index is 0.0845. The summed E-state index contributed by atoms with van der Waals surface area (Å²) in [6.07, 6.45) is 0.807. The monoisotopic (exact) mass is 341 g/mol. The van der Waals surface area contributed by atoms with E-state index in [1.807, 2.05) is 26.2 Å². The number of likely N-dealkylation sites (N-methyl/N-ethyl adjacent to an activating group) is 1. The van der Waals surface area contributed by atoms with Crippen LogP contribution in [0.15, 0.2) is 30.3 Å². The molecule has 0 spiro atoms. The van der Waals surface area contributed by atoms with Gasteiger partial charge in [-0.1, -0.05) is 12.1 Å². The first-order valence-corrected chi connectivity index (χ1v) is 8.13. The molecule has 3 aromatic rings. The van der Waals surface area contributed by atoms with Crippen LogP contribution in [-0.2, 0) is 6.42 Å². The number of phenols is 2. The topological polar surface area (TPSA) is 62.2 Å². The summed E-state index contributed by atoms with van der Waals surface area (Å²) < 4.78 is 10.7. The highest BCUT2D eigenvalue weighted by Crippen LogP contribution is 2.43. The van der Waals surface area contributed by atoms with E-state index in [9.17, 15) is 10.2 Å². The summed E-state index contributed by atoms with van der Waals surface area (Å²) >= 11 is 0. The predicted molar refractivity (Wildman–Crippen MR) is 100 cm³/mol. The van der Waals surface area contributed by atoms with E-state index >= 15 is 0 Å². The third-order valence-corrected chi connectivity index (χ3v) is 4.47.